The van der Waals surface area contributed by atoms with Crippen LogP contribution in [0.2, 0.25) is 0 Å². The van der Waals surface area contributed by atoms with Gasteiger partial charge in [0.05, 0.1) is 24.5 Å². The molecular weight excluding hydrogens is 397 g/mol. The van der Waals surface area contributed by atoms with E-state index in [1.807, 2.05) is 31.2 Å². The SMILES string of the molecule is CCN(Cc1ccncc1)C(=O)[C@@H]1[C@@H]2C=C[C@@]3(CN(Cc4ccc(F)cc4)C(=O)[C@@H]13)O2. The van der Waals surface area contributed by atoms with Gasteiger partial charge in [-0.25, -0.2) is 4.39 Å². The number of halogens is 1. The monoisotopic (exact) mass is 421 g/mol. The van der Waals surface area contributed by atoms with Gasteiger partial charge >= 0.3 is 0 Å². The van der Waals surface area contributed by atoms with E-state index in [1.54, 1.807) is 34.3 Å². The van der Waals surface area contributed by atoms with Crippen molar-refractivity contribution in [3.63, 3.8) is 0 Å². The summed E-state index contributed by atoms with van der Waals surface area (Å²) in [6.45, 7) is 3.73. The lowest BCUT2D eigenvalue weighted by molar-refractivity contribution is -0.143. The molecule has 4 heterocycles. The molecule has 7 heteroatoms. The fourth-order valence-electron chi connectivity index (χ4n) is 5.07. The number of aromatic nitrogens is 1. The number of nitrogens with zero attached hydrogens (tertiary/aromatic N) is 3. The number of benzene rings is 1. The van der Waals surface area contributed by atoms with E-state index in [2.05, 4.69) is 4.98 Å². The molecule has 1 aromatic carbocycles. The molecule has 2 saturated heterocycles. The Morgan fingerprint density at radius 3 is 2.68 bits per heavy atom. The number of likely N-dealkylation sites (tertiary alicyclic amines) is 1. The summed E-state index contributed by atoms with van der Waals surface area (Å²) in [4.78, 5) is 34.5. The molecule has 4 atom stereocenters. The van der Waals surface area contributed by atoms with Crippen LogP contribution in [0.4, 0.5) is 4.39 Å². The standard InChI is InChI=1S/C24H24FN3O3/c1-2-27(13-17-8-11-26-12-9-17)22(29)20-19-7-10-24(31-19)15-28(23(30)21(20)24)14-16-3-5-18(25)6-4-16/h3-12,19-21H,2,13-15H2,1H3/t19-,20+,21+,24-/m0/s1. The normalized spacial score (nSPS) is 28.3. The molecule has 1 spiro atoms. The minimum absolute atomic E-state index is 0.0579. The molecule has 0 N–H and O–H groups in total. The van der Waals surface area contributed by atoms with Crippen molar-refractivity contribution in [1.82, 2.24) is 14.8 Å². The van der Waals surface area contributed by atoms with Crippen molar-refractivity contribution >= 4 is 11.8 Å². The molecule has 2 bridgehead atoms. The van der Waals surface area contributed by atoms with Gasteiger partial charge in [-0.15, -0.1) is 0 Å². The van der Waals surface area contributed by atoms with Crippen LogP contribution >= 0.6 is 0 Å². The third-order valence-electron chi connectivity index (χ3n) is 6.57. The predicted octanol–water partition coefficient (Wildman–Crippen LogP) is 2.55. The second-order valence-electron chi connectivity index (χ2n) is 8.43. The van der Waals surface area contributed by atoms with Crippen molar-refractivity contribution in [2.45, 2.75) is 31.7 Å². The number of fused-ring (bicyclic) bond motifs is 1. The third kappa shape index (κ3) is 3.33. The molecule has 0 aliphatic carbocycles. The first kappa shape index (κ1) is 19.9. The molecule has 6 nitrogen and oxygen atoms in total. The Hall–Kier alpha value is -3.06. The van der Waals surface area contributed by atoms with Crippen molar-refractivity contribution in [3.8, 4) is 0 Å². The molecule has 2 amide bonds. The van der Waals surface area contributed by atoms with Gasteiger partial charge in [-0.3, -0.25) is 14.6 Å². The van der Waals surface area contributed by atoms with Crippen LogP contribution in [0.15, 0.2) is 60.9 Å². The quantitative estimate of drug-likeness (QED) is 0.673. The van der Waals surface area contributed by atoms with Crippen molar-refractivity contribution in [3.05, 3.63) is 77.9 Å². The van der Waals surface area contributed by atoms with Crippen LogP contribution in [0.3, 0.4) is 0 Å². The van der Waals surface area contributed by atoms with Gasteiger partial charge in [0, 0.05) is 32.0 Å². The summed E-state index contributed by atoms with van der Waals surface area (Å²) in [5.74, 6) is -1.50. The fourth-order valence-corrected chi connectivity index (χ4v) is 5.07. The van der Waals surface area contributed by atoms with E-state index in [9.17, 15) is 14.0 Å². The lowest BCUT2D eigenvalue weighted by Crippen LogP contribution is -2.45. The Bertz CT molecular complexity index is 1030. The zero-order valence-electron chi connectivity index (χ0n) is 17.3. The molecule has 2 aromatic rings. The highest BCUT2D eigenvalue weighted by molar-refractivity contribution is 5.93. The summed E-state index contributed by atoms with van der Waals surface area (Å²) in [6.07, 6.45) is 6.92. The second kappa shape index (κ2) is 7.57. The Morgan fingerprint density at radius 1 is 1.23 bits per heavy atom. The van der Waals surface area contributed by atoms with Gasteiger partial charge in [-0.2, -0.15) is 0 Å². The van der Waals surface area contributed by atoms with Crippen molar-refractivity contribution in [2.24, 2.45) is 11.8 Å². The lowest BCUT2D eigenvalue weighted by atomic mass is 9.76. The number of carbonyl (C=O) groups is 2. The molecule has 2 fully saturated rings. The van der Waals surface area contributed by atoms with Crippen molar-refractivity contribution in [1.29, 1.82) is 0 Å². The molecule has 0 saturated carbocycles. The summed E-state index contributed by atoms with van der Waals surface area (Å²) in [5, 5.41) is 0. The zero-order valence-corrected chi connectivity index (χ0v) is 17.3. The van der Waals surface area contributed by atoms with Gasteiger partial charge in [0.2, 0.25) is 11.8 Å². The maximum absolute atomic E-state index is 13.5. The summed E-state index contributed by atoms with van der Waals surface area (Å²) in [5.41, 5.74) is 1.09. The number of pyridine rings is 1. The largest absolute Gasteiger partial charge is 0.360 e. The average Bonchev–Trinajstić information content (AvgIpc) is 3.42. The summed E-state index contributed by atoms with van der Waals surface area (Å²) < 4.78 is 19.5. The van der Waals surface area contributed by atoms with E-state index in [0.29, 0.717) is 26.2 Å². The van der Waals surface area contributed by atoms with Crippen LogP contribution < -0.4 is 0 Å². The molecule has 0 radical (unpaired) electrons. The molecule has 5 rings (SSSR count). The van der Waals surface area contributed by atoms with Crippen LogP contribution in [0.25, 0.3) is 0 Å². The number of rotatable bonds is 6. The Morgan fingerprint density at radius 2 is 1.97 bits per heavy atom. The Kier molecular flexibility index (Phi) is 4.85. The van der Waals surface area contributed by atoms with E-state index in [0.717, 1.165) is 11.1 Å². The van der Waals surface area contributed by atoms with Gasteiger partial charge in [0.15, 0.2) is 0 Å². The van der Waals surface area contributed by atoms with E-state index >= 15 is 0 Å². The maximum atomic E-state index is 13.5. The van der Waals surface area contributed by atoms with Crippen LogP contribution in [0.1, 0.15) is 18.1 Å². The first-order chi connectivity index (χ1) is 15.0. The van der Waals surface area contributed by atoms with Gasteiger partial charge in [0.1, 0.15) is 11.4 Å². The topological polar surface area (TPSA) is 62.7 Å². The minimum Gasteiger partial charge on any atom is -0.360 e. The van der Waals surface area contributed by atoms with Crippen LogP contribution in [-0.2, 0) is 27.4 Å². The van der Waals surface area contributed by atoms with Gasteiger partial charge in [-0.1, -0.05) is 24.3 Å². The summed E-state index contributed by atoms with van der Waals surface area (Å²) in [6, 6.07) is 9.92. The smallest absolute Gasteiger partial charge is 0.230 e. The molecule has 1 aromatic heterocycles. The summed E-state index contributed by atoms with van der Waals surface area (Å²) in [7, 11) is 0. The number of carbonyl (C=O) groups excluding carboxylic acids is 2. The van der Waals surface area contributed by atoms with Crippen LogP contribution in [-0.4, -0.2) is 51.4 Å². The fraction of sp³-hybridized carbons (Fsp3) is 0.375. The van der Waals surface area contributed by atoms with E-state index in [4.69, 9.17) is 4.74 Å². The maximum Gasteiger partial charge on any atom is 0.230 e. The van der Waals surface area contributed by atoms with Gasteiger partial charge < -0.3 is 14.5 Å². The Labute approximate surface area is 180 Å². The number of hydrogen-bond donors (Lipinski definition) is 0. The van der Waals surface area contributed by atoms with Crippen LogP contribution in [0, 0.1) is 17.7 Å². The number of amides is 2. The first-order valence-corrected chi connectivity index (χ1v) is 10.6. The summed E-state index contributed by atoms with van der Waals surface area (Å²) >= 11 is 0. The van der Waals surface area contributed by atoms with Gasteiger partial charge in [0.25, 0.3) is 0 Å². The third-order valence-corrected chi connectivity index (χ3v) is 6.57. The zero-order chi connectivity index (χ0) is 21.6. The van der Waals surface area contributed by atoms with Gasteiger partial charge in [-0.05, 0) is 42.3 Å². The van der Waals surface area contributed by atoms with E-state index in [-0.39, 0.29) is 23.7 Å². The molecule has 31 heavy (non-hydrogen) atoms. The molecular formula is C24H24FN3O3. The highest BCUT2D eigenvalue weighted by Gasteiger charge is 2.67. The second-order valence-corrected chi connectivity index (χ2v) is 8.43. The van der Waals surface area contributed by atoms with Crippen molar-refractivity contribution < 1.29 is 18.7 Å². The first-order valence-electron chi connectivity index (χ1n) is 10.6. The number of ether oxygens (including phenoxy) is 1. The van der Waals surface area contributed by atoms with Crippen molar-refractivity contribution in [2.75, 3.05) is 13.1 Å². The van der Waals surface area contributed by atoms with E-state index < -0.39 is 17.4 Å². The van der Waals surface area contributed by atoms with E-state index in [1.165, 1.54) is 12.1 Å². The number of hydrogen-bond acceptors (Lipinski definition) is 4. The Balaban J connectivity index is 1.37. The molecule has 3 aliphatic heterocycles. The highest BCUT2D eigenvalue weighted by Crippen LogP contribution is 2.52. The van der Waals surface area contributed by atoms with Crippen LogP contribution in [0.5, 0.6) is 0 Å². The lowest BCUT2D eigenvalue weighted by Gasteiger charge is -2.29. The predicted molar refractivity (Wildman–Crippen MR) is 111 cm³/mol. The molecule has 160 valence electrons. The average molecular weight is 421 g/mol. The molecule has 3 aliphatic rings. The molecule has 0 unspecified atom stereocenters. The minimum atomic E-state index is -0.752. The highest BCUT2D eigenvalue weighted by atomic mass is 19.1.